The predicted octanol–water partition coefficient (Wildman–Crippen LogP) is 3.31. The molecule has 0 bridgehead atoms. The minimum Gasteiger partial charge on any atom is -0.224 e. The van der Waals surface area contributed by atoms with Crippen molar-refractivity contribution in [3.63, 3.8) is 0 Å². The van der Waals surface area contributed by atoms with Crippen LogP contribution in [0.1, 0.15) is 25.0 Å². The smallest absolute Gasteiger partial charge is 0.175 e. The zero-order valence-electron chi connectivity index (χ0n) is 14.5. The Bertz CT molecular complexity index is 773. The third-order valence-corrected chi connectivity index (χ3v) is 5.78. The number of hydrogen-bond acceptors (Lipinski definition) is 4. The molecule has 0 unspecified atom stereocenters. The van der Waals surface area contributed by atoms with E-state index in [2.05, 4.69) is 0 Å². The molecule has 4 nitrogen and oxygen atoms in total. The summed E-state index contributed by atoms with van der Waals surface area (Å²) in [5, 5.41) is 0. The molecule has 0 aliphatic carbocycles. The first-order chi connectivity index (χ1) is 11.1. The quantitative estimate of drug-likeness (QED) is 0.830. The lowest BCUT2D eigenvalue weighted by atomic mass is 10.2. The van der Waals surface area contributed by atoms with Crippen LogP contribution in [0.15, 0.2) is 58.3 Å². The number of hydrogen-bond donors (Lipinski definition) is 0. The van der Waals surface area contributed by atoms with E-state index in [0.29, 0.717) is 9.79 Å². The van der Waals surface area contributed by atoms with Gasteiger partial charge in [-0.15, -0.1) is 0 Å². The minimum atomic E-state index is -3.03. The molecule has 0 saturated heterocycles. The van der Waals surface area contributed by atoms with Crippen LogP contribution in [-0.2, 0) is 32.5 Å². The van der Waals surface area contributed by atoms with Gasteiger partial charge in [-0.2, -0.15) is 0 Å². The Hall–Kier alpha value is -1.66. The molecular formula is C18H24O4S2. The van der Waals surface area contributed by atoms with Gasteiger partial charge in [0, 0.05) is 12.5 Å². The van der Waals surface area contributed by atoms with Crippen molar-refractivity contribution >= 4 is 19.7 Å². The van der Waals surface area contributed by atoms with Gasteiger partial charge in [-0.25, -0.2) is 16.8 Å². The van der Waals surface area contributed by atoms with Gasteiger partial charge in [0.15, 0.2) is 19.7 Å². The molecule has 2 aromatic rings. The van der Waals surface area contributed by atoms with Gasteiger partial charge in [-0.05, 0) is 48.2 Å². The molecular weight excluding hydrogens is 344 g/mol. The Kier molecular flexibility index (Phi) is 7.17. The highest BCUT2D eigenvalue weighted by Gasteiger charge is 2.05. The Morgan fingerprint density at radius 1 is 0.583 bits per heavy atom. The van der Waals surface area contributed by atoms with E-state index in [9.17, 15) is 16.8 Å². The largest absolute Gasteiger partial charge is 0.224 e. The zero-order valence-corrected chi connectivity index (χ0v) is 16.1. The highest BCUT2D eigenvalue weighted by atomic mass is 32.2. The van der Waals surface area contributed by atoms with Crippen molar-refractivity contribution in [3.8, 4) is 0 Å². The Labute approximate surface area is 145 Å². The van der Waals surface area contributed by atoms with Gasteiger partial charge < -0.3 is 0 Å². The molecule has 0 aliphatic rings. The topological polar surface area (TPSA) is 68.3 Å². The van der Waals surface area contributed by atoms with Crippen LogP contribution < -0.4 is 0 Å². The van der Waals surface area contributed by atoms with Gasteiger partial charge in [0.05, 0.1) is 9.79 Å². The second kappa shape index (κ2) is 8.44. The molecule has 0 saturated carbocycles. The van der Waals surface area contributed by atoms with Crippen molar-refractivity contribution in [2.24, 2.45) is 0 Å². The van der Waals surface area contributed by atoms with Gasteiger partial charge in [-0.1, -0.05) is 38.1 Å². The molecule has 132 valence electrons. The summed E-state index contributed by atoms with van der Waals surface area (Å²) in [6.45, 7) is 4.07. The highest BCUT2D eigenvalue weighted by Crippen LogP contribution is 2.11. The van der Waals surface area contributed by atoms with Gasteiger partial charge >= 0.3 is 0 Å². The average Bonchev–Trinajstić information content (AvgIpc) is 2.54. The van der Waals surface area contributed by atoms with Crippen molar-refractivity contribution in [2.75, 3.05) is 12.5 Å². The van der Waals surface area contributed by atoms with E-state index < -0.39 is 19.7 Å². The van der Waals surface area contributed by atoms with Crippen molar-refractivity contribution in [3.05, 3.63) is 59.7 Å². The van der Waals surface area contributed by atoms with Crippen LogP contribution in [0.4, 0.5) is 0 Å². The summed E-state index contributed by atoms with van der Waals surface area (Å²) < 4.78 is 44.1. The Morgan fingerprint density at radius 3 is 1.00 bits per heavy atom. The van der Waals surface area contributed by atoms with Crippen LogP contribution in [0.25, 0.3) is 0 Å². The Balaban J connectivity index is 0.000000240. The maximum absolute atomic E-state index is 11.0. The van der Waals surface area contributed by atoms with Crippen molar-refractivity contribution in [2.45, 2.75) is 36.5 Å². The summed E-state index contributed by atoms with van der Waals surface area (Å²) >= 11 is 0. The minimum absolute atomic E-state index is 0.389. The van der Waals surface area contributed by atoms with Crippen molar-refractivity contribution in [1.29, 1.82) is 0 Å². The summed E-state index contributed by atoms with van der Waals surface area (Å²) in [6.07, 6.45) is 4.30. The zero-order chi connectivity index (χ0) is 18.4. The maximum Gasteiger partial charge on any atom is 0.175 e. The summed E-state index contributed by atoms with van der Waals surface area (Å²) in [5.74, 6) is 0. The second-order valence-electron chi connectivity index (χ2n) is 5.54. The SMILES string of the molecule is CCc1ccc(S(C)(=O)=O)cc1.CCc1ccc(S(C)(=O)=O)cc1. The first-order valence-corrected chi connectivity index (χ1v) is 11.4. The first-order valence-electron chi connectivity index (χ1n) is 7.66. The van der Waals surface area contributed by atoms with E-state index in [1.165, 1.54) is 12.5 Å². The van der Waals surface area contributed by atoms with Crippen molar-refractivity contribution in [1.82, 2.24) is 0 Å². The number of benzene rings is 2. The normalized spacial score (nSPS) is 11.5. The molecule has 0 atom stereocenters. The third-order valence-electron chi connectivity index (χ3n) is 3.52. The molecule has 0 aliphatic heterocycles. The van der Waals surface area contributed by atoms with E-state index in [0.717, 1.165) is 24.0 Å². The van der Waals surface area contributed by atoms with Crippen LogP contribution in [0, 0.1) is 0 Å². The van der Waals surface area contributed by atoms with E-state index in [-0.39, 0.29) is 0 Å². The molecule has 0 amide bonds. The summed E-state index contributed by atoms with van der Waals surface area (Å²) in [5.41, 5.74) is 2.31. The monoisotopic (exact) mass is 368 g/mol. The summed E-state index contributed by atoms with van der Waals surface area (Å²) in [4.78, 5) is 0.777. The summed E-state index contributed by atoms with van der Waals surface area (Å²) in [6, 6.07) is 14.0. The molecule has 24 heavy (non-hydrogen) atoms. The van der Waals surface area contributed by atoms with E-state index in [4.69, 9.17) is 0 Å². The predicted molar refractivity (Wildman–Crippen MR) is 97.9 cm³/mol. The molecule has 0 aromatic heterocycles. The van der Waals surface area contributed by atoms with E-state index in [1.54, 1.807) is 24.3 Å². The second-order valence-corrected chi connectivity index (χ2v) is 9.57. The van der Waals surface area contributed by atoms with E-state index in [1.807, 2.05) is 38.1 Å². The molecule has 2 aromatic carbocycles. The highest BCUT2D eigenvalue weighted by molar-refractivity contribution is 7.91. The molecule has 2 rings (SSSR count). The van der Waals surface area contributed by atoms with Crippen LogP contribution in [0.5, 0.6) is 0 Å². The fourth-order valence-electron chi connectivity index (χ4n) is 1.94. The number of aryl methyl sites for hydroxylation is 2. The van der Waals surface area contributed by atoms with Crippen molar-refractivity contribution < 1.29 is 16.8 Å². The molecule has 0 fully saturated rings. The molecule has 6 heteroatoms. The van der Waals surface area contributed by atoms with Gasteiger partial charge in [0.1, 0.15) is 0 Å². The van der Waals surface area contributed by atoms with Crippen LogP contribution >= 0.6 is 0 Å². The fraction of sp³-hybridized carbons (Fsp3) is 0.333. The lowest BCUT2D eigenvalue weighted by Gasteiger charge is -1.99. The van der Waals surface area contributed by atoms with E-state index >= 15 is 0 Å². The van der Waals surface area contributed by atoms with Crippen LogP contribution in [-0.4, -0.2) is 29.3 Å². The van der Waals surface area contributed by atoms with Crippen LogP contribution in [0.3, 0.4) is 0 Å². The number of rotatable bonds is 4. The maximum atomic E-state index is 11.0. The molecule has 0 radical (unpaired) electrons. The molecule has 0 N–H and O–H groups in total. The first kappa shape index (κ1) is 20.4. The molecule has 0 heterocycles. The standard InChI is InChI=1S/2C9H12O2S/c2*1-3-8-4-6-9(7-5-8)12(2,10)11/h2*4-7H,3H2,1-2H3. The lowest BCUT2D eigenvalue weighted by molar-refractivity contribution is 0.600. The lowest BCUT2D eigenvalue weighted by Crippen LogP contribution is -1.96. The third kappa shape index (κ3) is 6.45. The fourth-order valence-corrected chi connectivity index (χ4v) is 3.21. The van der Waals surface area contributed by atoms with Crippen LogP contribution in [0.2, 0.25) is 0 Å². The average molecular weight is 369 g/mol. The Morgan fingerprint density at radius 2 is 0.833 bits per heavy atom. The summed E-state index contributed by atoms with van der Waals surface area (Å²) in [7, 11) is -6.06. The molecule has 0 spiro atoms. The van der Waals surface area contributed by atoms with Gasteiger partial charge in [0.25, 0.3) is 0 Å². The number of sulfone groups is 2. The van der Waals surface area contributed by atoms with Gasteiger partial charge in [-0.3, -0.25) is 0 Å². The van der Waals surface area contributed by atoms with Gasteiger partial charge in [0.2, 0.25) is 0 Å².